The summed E-state index contributed by atoms with van der Waals surface area (Å²) in [6.07, 6.45) is 6.66. The minimum absolute atomic E-state index is 0.00954. The zero-order valence-electron chi connectivity index (χ0n) is 19.2. The minimum atomic E-state index is -0.350. The zero-order chi connectivity index (χ0) is 22.9. The van der Waals surface area contributed by atoms with Crippen molar-refractivity contribution in [2.24, 2.45) is 0 Å². The van der Waals surface area contributed by atoms with Crippen LogP contribution in [0.15, 0.2) is 66.9 Å². The van der Waals surface area contributed by atoms with E-state index in [1.165, 1.54) is 5.56 Å². The standard InChI is InChI=1S/C26H32N4O3/c1-29(17-16-21-10-4-2-5-11-21)18-22-19-30(28-27-22)24-14-8-9-15-25(24)33-26(31)20-32-23-12-6-3-7-13-23/h2-7,10-13,19,24-25H,8-9,14-18,20H2,1H3/t24-,25-/m1/s1. The number of carbonyl (C=O) groups is 1. The summed E-state index contributed by atoms with van der Waals surface area (Å²) >= 11 is 0. The molecule has 0 bridgehead atoms. The fourth-order valence-corrected chi connectivity index (χ4v) is 4.25. The van der Waals surface area contributed by atoms with E-state index in [0.717, 1.165) is 50.9 Å². The largest absolute Gasteiger partial charge is 0.482 e. The highest BCUT2D eigenvalue weighted by atomic mass is 16.6. The highest BCUT2D eigenvalue weighted by Gasteiger charge is 2.31. The molecule has 33 heavy (non-hydrogen) atoms. The lowest BCUT2D eigenvalue weighted by molar-refractivity contribution is -0.155. The molecule has 7 heteroatoms. The molecule has 174 valence electrons. The van der Waals surface area contributed by atoms with E-state index in [1.807, 2.05) is 47.3 Å². The maximum absolute atomic E-state index is 12.4. The van der Waals surface area contributed by atoms with Gasteiger partial charge in [0.15, 0.2) is 6.61 Å². The molecule has 0 N–H and O–H groups in total. The van der Waals surface area contributed by atoms with Crippen LogP contribution >= 0.6 is 0 Å². The predicted octanol–water partition coefficient (Wildman–Crippen LogP) is 4.06. The summed E-state index contributed by atoms with van der Waals surface area (Å²) in [6.45, 7) is 1.58. The molecule has 0 spiro atoms. The topological polar surface area (TPSA) is 69.5 Å². The van der Waals surface area contributed by atoms with Crippen LogP contribution in [0.4, 0.5) is 0 Å². The van der Waals surface area contributed by atoms with Crippen LogP contribution in [0.5, 0.6) is 5.75 Å². The van der Waals surface area contributed by atoms with Crippen molar-refractivity contribution in [2.75, 3.05) is 20.2 Å². The number of aromatic nitrogens is 3. The fraction of sp³-hybridized carbons (Fsp3) is 0.423. The van der Waals surface area contributed by atoms with Crippen molar-refractivity contribution in [1.82, 2.24) is 19.9 Å². The van der Waals surface area contributed by atoms with E-state index in [9.17, 15) is 4.79 Å². The molecule has 0 saturated heterocycles. The third-order valence-corrected chi connectivity index (χ3v) is 6.00. The van der Waals surface area contributed by atoms with Gasteiger partial charge in [-0.25, -0.2) is 9.48 Å². The van der Waals surface area contributed by atoms with Crippen molar-refractivity contribution in [3.63, 3.8) is 0 Å². The van der Waals surface area contributed by atoms with E-state index >= 15 is 0 Å². The Balaban J connectivity index is 1.29. The van der Waals surface area contributed by atoms with Crippen LogP contribution in [-0.2, 0) is 22.5 Å². The van der Waals surface area contributed by atoms with Gasteiger partial charge in [0.25, 0.3) is 0 Å². The van der Waals surface area contributed by atoms with Crippen molar-refractivity contribution in [1.29, 1.82) is 0 Å². The van der Waals surface area contributed by atoms with E-state index in [-0.39, 0.29) is 24.7 Å². The molecule has 1 aliphatic rings. The second-order valence-electron chi connectivity index (χ2n) is 8.65. The summed E-state index contributed by atoms with van der Waals surface area (Å²) in [7, 11) is 2.10. The number of ether oxygens (including phenoxy) is 2. The first-order valence-electron chi connectivity index (χ1n) is 11.7. The Hall–Kier alpha value is -3.19. The van der Waals surface area contributed by atoms with E-state index in [4.69, 9.17) is 9.47 Å². The van der Waals surface area contributed by atoms with Gasteiger partial charge in [-0.2, -0.15) is 0 Å². The van der Waals surface area contributed by atoms with Gasteiger partial charge in [0.1, 0.15) is 11.9 Å². The number of nitrogens with zero attached hydrogens (tertiary/aromatic N) is 4. The van der Waals surface area contributed by atoms with Gasteiger partial charge < -0.3 is 14.4 Å². The molecule has 7 nitrogen and oxygen atoms in total. The van der Waals surface area contributed by atoms with E-state index in [0.29, 0.717) is 5.75 Å². The SMILES string of the molecule is CN(CCc1ccccc1)Cc1cn([C@@H]2CCCC[C@H]2OC(=O)COc2ccccc2)nn1. The number of para-hydroxylation sites is 1. The van der Waals surface area contributed by atoms with Crippen molar-refractivity contribution >= 4 is 5.97 Å². The molecular weight excluding hydrogens is 416 g/mol. The molecule has 0 aliphatic heterocycles. The van der Waals surface area contributed by atoms with Crippen LogP contribution < -0.4 is 4.74 Å². The van der Waals surface area contributed by atoms with E-state index in [1.54, 1.807) is 0 Å². The number of carbonyl (C=O) groups excluding carboxylic acids is 1. The molecule has 0 radical (unpaired) electrons. The van der Waals surface area contributed by atoms with Gasteiger partial charge in [-0.05, 0) is 50.4 Å². The molecular formula is C26H32N4O3. The van der Waals surface area contributed by atoms with E-state index in [2.05, 4.69) is 46.5 Å². The first-order chi connectivity index (χ1) is 16.2. The number of rotatable bonds is 10. The first kappa shape index (κ1) is 23.0. The quantitative estimate of drug-likeness (QED) is 0.436. The zero-order valence-corrected chi connectivity index (χ0v) is 19.2. The summed E-state index contributed by atoms with van der Waals surface area (Å²) in [5.41, 5.74) is 2.25. The van der Waals surface area contributed by atoms with Gasteiger partial charge in [-0.1, -0.05) is 60.2 Å². The van der Waals surface area contributed by atoms with Crippen molar-refractivity contribution in [3.05, 3.63) is 78.1 Å². The molecule has 0 unspecified atom stereocenters. The Kier molecular flexibility index (Phi) is 8.09. The highest BCUT2D eigenvalue weighted by molar-refractivity contribution is 5.71. The lowest BCUT2D eigenvalue weighted by Crippen LogP contribution is -2.34. The van der Waals surface area contributed by atoms with Crippen LogP contribution in [0.1, 0.15) is 43.0 Å². The smallest absolute Gasteiger partial charge is 0.344 e. The Bertz CT molecular complexity index is 993. The molecule has 1 heterocycles. The van der Waals surface area contributed by atoms with Crippen molar-refractivity contribution in [3.8, 4) is 5.75 Å². The van der Waals surface area contributed by atoms with Crippen LogP contribution in [0.2, 0.25) is 0 Å². The summed E-state index contributed by atoms with van der Waals surface area (Å²) in [6, 6.07) is 19.8. The molecule has 1 saturated carbocycles. The third kappa shape index (κ3) is 6.89. The molecule has 2 atom stereocenters. The molecule has 1 aliphatic carbocycles. The lowest BCUT2D eigenvalue weighted by Gasteiger charge is -2.30. The second-order valence-corrected chi connectivity index (χ2v) is 8.65. The average Bonchev–Trinajstić information content (AvgIpc) is 3.31. The Morgan fingerprint density at radius 2 is 1.79 bits per heavy atom. The first-order valence-corrected chi connectivity index (χ1v) is 11.7. The number of hydrogen-bond acceptors (Lipinski definition) is 6. The van der Waals surface area contributed by atoms with Gasteiger partial charge in [-0.3, -0.25) is 0 Å². The monoisotopic (exact) mass is 448 g/mol. The Labute approximate surface area is 195 Å². The number of esters is 1. The lowest BCUT2D eigenvalue weighted by atomic mass is 9.92. The summed E-state index contributed by atoms with van der Waals surface area (Å²) < 4.78 is 13.2. The predicted molar refractivity (Wildman–Crippen MR) is 126 cm³/mol. The van der Waals surface area contributed by atoms with Gasteiger partial charge >= 0.3 is 5.97 Å². The number of hydrogen-bond donors (Lipinski definition) is 0. The van der Waals surface area contributed by atoms with Gasteiger partial charge in [0.2, 0.25) is 0 Å². The number of likely N-dealkylation sites (N-methyl/N-ethyl adjacent to an activating group) is 1. The minimum Gasteiger partial charge on any atom is -0.482 e. The Morgan fingerprint density at radius 1 is 1.06 bits per heavy atom. The van der Waals surface area contributed by atoms with Crippen LogP contribution in [-0.4, -0.2) is 52.2 Å². The molecule has 3 aromatic rings. The van der Waals surface area contributed by atoms with E-state index < -0.39 is 0 Å². The van der Waals surface area contributed by atoms with Gasteiger partial charge in [0.05, 0.1) is 17.9 Å². The van der Waals surface area contributed by atoms with Crippen molar-refractivity contribution < 1.29 is 14.3 Å². The summed E-state index contributed by atoms with van der Waals surface area (Å²) in [5.74, 6) is 0.309. The van der Waals surface area contributed by atoms with Crippen LogP contribution in [0, 0.1) is 0 Å². The molecule has 1 fully saturated rings. The normalized spacial score (nSPS) is 18.2. The van der Waals surface area contributed by atoms with Crippen LogP contribution in [0.3, 0.4) is 0 Å². The number of benzene rings is 2. The maximum Gasteiger partial charge on any atom is 0.344 e. The summed E-state index contributed by atoms with van der Waals surface area (Å²) in [5, 5.41) is 8.76. The van der Waals surface area contributed by atoms with Gasteiger partial charge in [-0.15, -0.1) is 5.10 Å². The highest BCUT2D eigenvalue weighted by Crippen LogP contribution is 2.30. The van der Waals surface area contributed by atoms with Crippen LogP contribution in [0.25, 0.3) is 0 Å². The molecule has 4 rings (SSSR count). The average molecular weight is 449 g/mol. The van der Waals surface area contributed by atoms with Crippen molar-refractivity contribution in [2.45, 2.75) is 50.8 Å². The fourth-order valence-electron chi connectivity index (χ4n) is 4.25. The Morgan fingerprint density at radius 3 is 2.58 bits per heavy atom. The second kappa shape index (κ2) is 11.6. The summed E-state index contributed by atoms with van der Waals surface area (Å²) in [4.78, 5) is 14.7. The molecule has 1 aromatic heterocycles. The third-order valence-electron chi connectivity index (χ3n) is 6.00. The van der Waals surface area contributed by atoms with Gasteiger partial charge in [0, 0.05) is 13.1 Å². The molecule has 2 aromatic carbocycles. The maximum atomic E-state index is 12.4. The molecule has 0 amide bonds.